The number of hydrogen-bond donors (Lipinski definition) is 0. The molecule has 3 heteroatoms. The van der Waals surface area contributed by atoms with Gasteiger partial charge in [-0.2, -0.15) is 0 Å². The molecule has 0 bridgehead atoms. The fourth-order valence-electron chi connectivity index (χ4n) is 5.31. The highest BCUT2D eigenvalue weighted by molar-refractivity contribution is 5.64. The quantitative estimate of drug-likeness (QED) is 0.628. The molecular formula is C27H37N3. The zero-order valence-corrected chi connectivity index (χ0v) is 18.4. The van der Waals surface area contributed by atoms with Gasteiger partial charge in [0, 0.05) is 32.7 Å². The lowest BCUT2D eigenvalue weighted by molar-refractivity contribution is 0.174. The fraction of sp³-hybridized carbons (Fsp3) is 0.556. The predicted molar refractivity (Wildman–Crippen MR) is 125 cm³/mol. The molecule has 2 aliphatic heterocycles. The van der Waals surface area contributed by atoms with Crippen LogP contribution in [0.3, 0.4) is 0 Å². The maximum atomic E-state index is 2.66. The van der Waals surface area contributed by atoms with Crippen molar-refractivity contribution in [3.63, 3.8) is 0 Å². The van der Waals surface area contributed by atoms with E-state index in [0.29, 0.717) is 0 Å². The van der Waals surface area contributed by atoms with Gasteiger partial charge in [0.1, 0.15) is 0 Å². The number of nitrogens with zero attached hydrogens (tertiary/aromatic N) is 3. The Morgan fingerprint density at radius 3 is 2.17 bits per heavy atom. The highest BCUT2D eigenvalue weighted by Crippen LogP contribution is 2.28. The van der Waals surface area contributed by atoms with Crippen molar-refractivity contribution in [2.24, 2.45) is 5.92 Å². The Morgan fingerprint density at radius 2 is 1.40 bits per heavy atom. The van der Waals surface area contributed by atoms with Gasteiger partial charge >= 0.3 is 0 Å². The van der Waals surface area contributed by atoms with Crippen molar-refractivity contribution in [2.45, 2.75) is 51.6 Å². The number of hydrogen-bond acceptors (Lipinski definition) is 3. The molecule has 0 N–H and O–H groups in total. The lowest BCUT2D eigenvalue weighted by Gasteiger charge is -2.30. The summed E-state index contributed by atoms with van der Waals surface area (Å²) in [6.07, 6.45) is 8.48. The topological polar surface area (TPSA) is 9.72 Å². The smallest absolute Gasteiger partial charge is 0.0510 e. The Kier molecular flexibility index (Phi) is 6.50. The van der Waals surface area contributed by atoms with Gasteiger partial charge in [0.15, 0.2) is 0 Å². The van der Waals surface area contributed by atoms with E-state index in [2.05, 4.69) is 63.2 Å². The summed E-state index contributed by atoms with van der Waals surface area (Å²) in [6.45, 7) is 9.63. The number of benzene rings is 2. The molecule has 0 amide bonds. The number of rotatable bonds is 7. The summed E-state index contributed by atoms with van der Waals surface area (Å²) in [5, 5.41) is 0. The fourth-order valence-corrected chi connectivity index (χ4v) is 5.31. The molecule has 1 aliphatic carbocycles. The van der Waals surface area contributed by atoms with E-state index in [-0.39, 0.29) is 0 Å². The summed E-state index contributed by atoms with van der Waals surface area (Å²) in [7, 11) is 0. The van der Waals surface area contributed by atoms with E-state index < -0.39 is 0 Å². The van der Waals surface area contributed by atoms with Crippen LogP contribution >= 0.6 is 0 Å². The minimum absolute atomic E-state index is 0.981. The molecule has 3 fully saturated rings. The van der Waals surface area contributed by atoms with Crippen molar-refractivity contribution in [3.05, 3.63) is 59.7 Å². The molecule has 2 saturated heterocycles. The van der Waals surface area contributed by atoms with Crippen molar-refractivity contribution in [2.75, 3.05) is 39.4 Å². The molecule has 5 rings (SSSR count). The van der Waals surface area contributed by atoms with Gasteiger partial charge < -0.3 is 0 Å². The molecule has 2 aromatic carbocycles. The molecule has 0 atom stereocenters. The summed E-state index contributed by atoms with van der Waals surface area (Å²) in [5.41, 5.74) is 5.58. The number of likely N-dealkylation sites (tertiary alicyclic amines) is 1. The second-order valence-electron chi connectivity index (χ2n) is 9.80. The van der Waals surface area contributed by atoms with Crippen LogP contribution in [0.1, 0.15) is 49.7 Å². The highest BCUT2D eigenvalue weighted by atomic mass is 15.4. The largest absolute Gasteiger partial charge is 0.299 e. The van der Waals surface area contributed by atoms with Crippen molar-refractivity contribution >= 4 is 0 Å². The van der Waals surface area contributed by atoms with E-state index in [9.17, 15) is 0 Å². The van der Waals surface area contributed by atoms with Crippen LogP contribution in [0.5, 0.6) is 0 Å². The third-order valence-corrected chi connectivity index (χ3v) is 7.35. The maximum Gasteiger partial charge on any atom is 0.0510 e. The van der Waals surface area contributed by atoms with Gasteiger partial charge in [-0.3, -0.25) is 14.7 Å². The van der Waals surface area contributed by atoms with E-state index in [1.807, 2.05) is 0 Å². The SMILES string of the molecule is c1cc(CN2CCCCC2)cc(-c2ccc(CN3CCN(CC4CCC4)C3)cc2)c1. The molecule has 2 aromatic rings. The van der Waals surface area contributed by atoms with E-state index in [4.69, 9.17) is 0 Å². The zero-order valence-electron chi connectivity index (χ0n) is 18.4. The van der Waals surface area contributed by atoms with Crippen LogP contribution in [-0.4, -0.2) is 54.1 Å². The molecule has 0 spiro atoms. The Bertz CT molecular complexity index is 805. The van der Waals surface area contributed by atoms with Gasteiger partial charge in [-0.1, -0.05) is 55.3 Å². The second-order valence-corrected chi connectivity index (χ2v) is 9.80. The van der Waals surface area contributed by atoms with Crippen LogP contribution in [0, 0.1) is 5.92 Å². The molecule has 3 nitrogen and oxygen atoms in total. The molecule has 0 radical (unpaired) electrons. The summed E-state index contributed by atoms with van der Waals surface area (Å²) < 4.78 is 0. The summed E-state index contributed by atoms with van der Waals surface area (Å²) in [6, 6.07) is 18.5. The summed E-state index contributed by atoms with van der Waals surface area (Å²) >= 11 is 0. The Balaban J connectivity index is 1.16. The third-order valence-electron chi connectivity index (χ3n) is 7.35. The van der Waals surface area contributed by atoms with Crippen LogP contribution < -0.4 is 0 Å². The van der Waals surface area contributed by atoms with Crippen molar-refractivity contribution in [1.82, 2.24) is 14.7 Å². The Labute approximate surface area is 182 Å². The van der Waals surface area contributed by atoms with E-state index >= 15 is 0 Å². The first-order valence-electron chi connectivity index (χ1n) is 12.2. The molecule has 2 heterocycles. The predicted octanol–water partition coefficient (Wildman–Crippen LogP) is 5.21. The summed E-state index contributed by atoms with van der Waals surface area (Å²) in [5.74, 6) is 0.981. The van der Waals surface area contributed by atoms with Gasteiger partial charge in [0.25, 0.3) is 0 Å². The van der Waals surface area contributed by atoms with Crippen molar-refractivity contribution < 1.29 is 0 Å². The number of piperidine rings is 1. The lowest BCUT2D eigenvalue weighted by atomic mass is 9.85. The molecule has 0 aromatic heterocycles. The van der Waals surface area contributed by atoms with Crippen LogP contribution in [0.15, 0.2) is 48.5 Å². The first-order chi connectivity index (χ1) is 14.8. The van der Waals surface area contributed by atoms with Crippen LogP contribution in [0.4, 0.5) is 0 Å². The van der Waals surface area contributed by atoms with Crippen LogP contribution in [0.25, 0.3) is 11.1 Å². The standard InChI is InChI=1S/C27H37N3/c1-2-14-28(15-3-1)21-25-8-5-9-27(18-25)26-12-10-24(11-13-26)20-30-17-16-29(22-30)19-23-6-4-7-23/h5,8-13,18,23H,1-4,6-7,14-17,19-22H2. The lowest BCUT2D eigenvalue weighted by Crippen LogP contribution is -2.32. The zero-order chi connectivity index (χ0) is 20.2. The second kappa shape index (κ2) is 9.64. The van der Waals surface area contributed by atoms with Crippen molar-refractivity contribution in [1.29, 1.82) is 0 Å². The van der Waals surface area contributed by atoms with Gasteiger partial charge in [-0.05, 0) is 73.0 Å². The molecule has 160 valence electrons. The van der Waals surface area contributed by atoms with Gasteiger partial charge in [0.2, 0.25) is 0 Å². The van der Waals surface area contributed by atoms with E-state index in [0.717, 1.165) is 25.7 Å². The Morgan fingerprint density at radius 1 is 0.633 bits per heavy atom. The molecule has 30 heavy (non-hydrogen) atoms. The average Bonchev–Trinajstić information content (AvgIpc) is 3.19. The van der Waals surface area contributed by atoms with Gasteiger partial charge in [-0.15, -0.1) is 0 Å². The molecule has 1 saturated carbocycles. The minimum atomic E-state index is 0.981. The van der Waals surface area contributed by atoms with E-state index in [1.54, 1.807) is 0 Å². The highest BCUT2D eigenvalue weighted by Gasteiger charge is 2.25. The molecule has 3 aliphatic rings. The van der Waals surface area contributed by atoms with Crippen LogP contribution in [-0.2, 0) is 13.1 Å². The Hall–Kier alpha value is -1.68. The average molecular weight is 404 g/mol. The molecular weight excluding hydrogens is 366 g/mol. The third kappa shape index (κ3) is 5.14. The normalized spacial score (nSPS) is 21.7. The van der Waals surface area contributed by atoms with Crippen molar-refractivity contribution in [3.8, 4) is 11.1 Å². The maximum absolute atomic E-state index is 2.66. The van der Waals surface area contributed by atoms with Gasteiger partial charge in [0.05, 0.1) is 6.67 Å². The van der Waals surface area contributed by atoms with Gasteiger partial charge in [-0.25, -0.2) is 0 Å². The first-order valence-corrected chi connectivity index (χ1v) is 12.2. The summed E-state index contributed by atoms with van der Waals surface area (Å²) in [4.78, 5) is 7.87. The molecule has 0 unspecified atom stereocenters. The minimum Gasteiger partial charge on any atom is -0.299 e. The first kappa shape index (κ1) is 20.2. The van der Waals surface area contributed by atoms with E-state index in [1.165, 1.54) is 93.5 Å². The monoisotopic (exact) mass is 403 g/mol. The van der Waals surface area contributed by atoms with Crippen LogP contribution in [0.2, 0.25) is 0 Å².